The molecule has 0 saturated heterocycles. The molecule has 4 nitrogen and oxygen atoms in total. The van der Waals surface area contributed by atoms with E-state index in [0.29, 0.717) is 5.82 Å². The number of nitrogens with zero attached hydrogens (tertiary/aromatic N) is 4. The van der Waals surface area contributed by atoms with Crippen LogP contribution in [0.5, 0.6) is 0 Å². The molecule has 0 N–H and O–H groups in total. The highest BCUT2D eigenvalue weighted by Crippen LogP contribution is 2.53. The van der Waals surface area contributed by atoms with Crippen LogP contribution in [-0.2, 0) is 10.8 Å². The van der Waals surface area contributed by atoms with Gasteiger partial charge in [0.25, 0.3) is 0 Å². The largest absolute Gasteiger partial charge is 0.294 e. The summed E-state index contributed by atoms with van der Waals surface area (Å²) < 4.78 is 4.76. The summed E-state index contributed by atoms with van der Waals surface area (Å²) in [6, 6.07) is 48.9. The zero-order valence-electron chi connectivity index (χ0n) is 32.1. The molecular formula is C52H40N4. The van der Waals surface area contributed by atoms with Crippen LogP contribution in [0, 0.1) is 0 Å². The minimum Gasteiger partial charge on any atom is -0.294 e. The number of hydrogen-bond donors (Lipinski definition) is 0. The first kappa shape index (κ1) is 31.8. The van der Waals surface area contributed by atoms with E-state index < -0.39 is 0 Å². The molecule has 56 heavy (non-hydrogen) atoms. The molecular weight excluding hydrogens is 681 g/mol. The van der Waals surface area contributed by atoms with Crippen LogP contribution in [0.1, 0.15) is 62.8 Å². The molecule has 0 aliphatic heterocycles. The molecule has 0 unspecified atom stereocenters. The number of para-hydroxylation sites is 2. The van der Waals surface area contributed by atoms with E-state index in [1.54, 1.807) is 0 Å². The zero-order valence-corrected chi connectivity index (χ0v) is 32.1. The van der Waals surface area contributed by atoms with Crippen LogP contribution in [0.2, 0.25) is 0 Å². The molecule has 0 radical (unpaired) electrons. The first-order chi connectivity index (χ1) is 27.3. The number of fused-ring (bicyclic) bond motifs is 11. The van der Waals surface area contributed by atoms with Crippen LogP contribution in [0.15, 0.2) is 151 Å². The molecule has 12 rings (SSSR count). The first-order valence-corrected chi connectivity index (χ1v) is 19.9. The van der Waals surface area contributed by atoms with Crippen molar-refractivity contribution in [1.29, 1.82) is 0 Å². The maximum absolute atomic E-state index is 5.44. The first-order valence-electron chi connectivity index (χ1n) is 19.9. The fourth-order valence-corrected chi connectivity index (χ4v) is 10.5. The molecule has 0 fully saturated rings. The lowest BCUT2D eigenvalue weighted by molar-refractivity contribution is 0.652. The maximum Gasteiger partial charge on any atom is 0.163 e. The van der Waals surface area contributed by atoms with Crippen molar-refractivity contribution in [2.45, 2.75) is 51.4 Å². The van der Waals surface area contributed by atoms with Crippen molar-refractivity contribution in [1.82, 2.24) is 19.1 Å². The Morgan fingerprint density at radius 3 is 1.73 bits per heavy atom. The van der Waals surface area contributed by atoms with Crippen molar-refractivity contribution in [3.63, 3.8) is 0 Å². The van der Waals surface area contributed by atoms with E-state index in [0.717, 1.165) is 46.6 Å². The van der Waals surface area contributed by atoms with E-state index in [4.69, 9.17) is 9.97 Å². The SMILES string of the molecule is CC1(C)C2=C(CCC=C2)c2cc3c(cc21)c1ccccc1n3-c1cc(-n2c3ccccc3c3cc4c(cc32)-c2ccccc2C4(C)C)nc(-c2ccccc2)n1. The molecule has 3 aliphatic carbocycles. The molecule has 3 aromatic heterocycles. The third kappa shape index (κ3) is 4.14. The van der Waals surface area contributed by atoms with Crippen molar-refractivity contribution >= 4 is 49.2 Å². The molecule has 0 spiro atoms. The smallest absolute Gasteiger partial charge is 0.163 e. The molecule has 3 heterocycles. The average Bonchev–Trinajstić information content (AvgIpc) is 3.88. The van der Waals surface area contributed by atoms with E-state index in [1.165, 1.54) is 71.6 Å². The number of benzene rings is 6. The summed E-state index contributed by atoms with van der Waals surface area (Å²) in [5.41, 5.74) is 16.5. The Labute approximate surface area is 326 Å². The molecule has 0 saturated carbocycles. The lowest BCUT2D eigenvalue weighted by atomic mass is 9.80. The summed E-state index contributed by atoms with van der Waals surface area (Å²) in [6.45, 7) is 9.49. The van der Waals surface area contributed by atoms with Crippen LogP contribution in [0.3, 0.4) is 0 Å². The standard InChI is InChI=1S/C52H40N4/c1-51(2)40-22-12-8-18-32(40)36-28-46-38(26-42(36)51)34-20-10-14-24-44(34)55(46)48-30-49(54-50(53-48)31-16-6-5-7-17-31)56-45-25-15-11-21-35(45)39-27-43-37(29-47(39)56)33-19-9-13-23-41(33)52(43,3)4/h5-8,10-18,20-30H,9,19H2,1-4H3. The minimum atomic E-state index is -0.0947. The van der Waals surface area contributed by atoms with Gasteiger partial charge in [-0.15, -0.1) is 0 Å². The summed E-state index contributed by atoms with van der Waals surface area (Å²) in [6.07, 6.45) is 6.87. The van der Waals surface area contributed by atoms with Gasteiger partial charge in [-0.25, -0.2) is 9.97 Å². The van der Waals surface area contributed by atoms with Gasteiger partial charge < -0.3 is 0 Å². The topological polar surface area (TPSA) is 35.6 Å². The van der Waals surface area contributed by atoms with Gasteiger partial charge in [-0.05, 0) is 93.8 Å². The van der Waals surface area contributed by atoms with Crippen molar-refractivity contribution in [2.24, 2.45) is 0 Å². The molecule has 268 valence electrons. The summed E-state index contributed by atoms with van der Waals surface area (Å²) in [7, 11) is 0. The van der Waals surface area contributed by atoms with Gasteiger partial charge in [-0.2, -0.15) is 0 Å². The zero-order chi connectivity index (χ0) is 37.5. The molecule has 4 heteroatoms. The van der Waals surface area contributed by atoms with Crippen molar-refractivity contribution < 1.29 is 0 Å². The second-order valence-corrected chi connectivity index (χ2v) is 16.9. The monoisotopic (exact) mass is 720 g/mol. The van der Waals surface area contributed by atoms with Gasteiger partial charge in [-0.1, -0.05) is 131 Å². The summed E-state index contributed by atoms with van der Waals surface area (Å²) in [4.78, 5) is 10.9. The van der Waals surface area contributed by atoms with Gasteiger partial charge in [-0.3, -0.25) is 9.13 Å². The maximum atomic E-state index is 5.44. The van der Waals surface area contributed by atoms with E-state index in [-0.39, 0.29) is 10.8 Å². The quantitative estimate of drug-likeness (QED) is 0.182. The highest BCUT2D eigenvalue weighted by atomic mass is 15.1. The molecule has 3 aliphatic rings. The molecule has 6 aromatic carbocycles. The Hall–Kier alpha value is -6.52. The Morgan fingerprint density at radius 2 is 1.05 bits per heavy atom. The lowest BCUT2D eigenvalue weighted by Gasteiger charge is -2.24. The van der Waals surface area contributed by atoms with Gasteiger partial charge in [0.2, 0.25) is 0 Å². The third-order valence-electron chi connectivity index (χ3n) is 13.2. The van der Waals surface area contributed by atoms with E-state index in [9.17, 15) is 0 Å². The fraction of sp³-hybridized carbons (Fsp3) is 0.154. The Bertz CT molecular complexity index is 3240. The Balaban J connectivity index is 1.18. The normalized spacial score (nSPS) is 16.2. The second kappa shape index (κ2) is 11.0. The van der Waals surface area contributed by atoms with Crippen molar-refractivity contribution in [2.75, 3.05) is 0 Å². The average molecular weight is 721 g/mol. The predicted octanol–water partition coefficient (Wildman–Crippen LogP) is 13.0. The Morgan fingerprint density at radius 1 is 0.482 bits per heavy atom. The van der Waals surface area contributed by atoms with Crippen LogP contribution >= 0.6 is 0 Å². The second-order valence-electron chi connectivity index (χ2n) is 16.9. The predicted molar refractivity (Wildman–Crippen MR) is 232 cm³/mol. The summed E-state index contributed by atoms with van der Waals surface area (Å²) in [5, 5.41) is 4.95. The molecule has 0 bridgehead atoms. The van der Waals surface area contributed by atoms with Gasteiger partial charge in [0.15, 0.2) is 5.82 Å². The third-order valence-corrected chi connectivity index (χ3v) is 13.2. The number of allylic oxidation sites excluding steroid dienone is 4. The molecule has 0 atom stereocenters. The highest BCUT2D eigenvalue weighted by molar-refractivity contribution is 6.12. The van der Waals surface area contributed by atoms with Crippen molar-refractivity contribution in [3.8, 4) is 34.2 Å². The Kier molecular flexibility index (Phi) is 6.27. The summed E-state index contributed by atoms with van der Waals surface area (Å²) >= 11 is 0. The van der Waals surface area contributed by atoms with Gasteiger partial charge >= 0.3 is 0 Å². The van der Waals surface area contributed by atoms with Crippen LogP contribution in [-0.4, -0.2) is 19.1 Å². The van der Waals surface area contributed by atoms with Crippen LogP contribution in [0.25, 0.3) is 83.3 Å². The van der Waals surface area contributed by atoms with E-state index in [1.807, 2.05) is 0 Å². The number of hydrogen-bond acceptors (Lipinski definition) is 2. The number of rotatable bonds is 3. The number of aromatic nitrogens is 4. The highest BCUT2D eigenvalue weighted by Gasteiger charge is 2.39. The van der Waals surface area contributed by atoms with Gasteiger partial charge in [0.1, 0.15) is 11.6 Å². The van der Waals surface area contributed by atoms with Gasteiger partial charge in [0, 0.05) is 44.0 Å². The fourth-order valence-electron chi connectivity index (χ4n) is 10.5. The molecule has 0 amide bonds. The lowest BCUT2D eigenvalue weighted by Crippen LogP contribution is -2.16. The minimum absolute atomic E-state index is 0.0476. The van der Waals surface area contributed by atoms with Crippen LogP contribution < -0.4 is 0 Å². The van der Waals surface area contributed by atoms with Gasteiger partial charge in [0.05, 0.1) is 22.1 Å². The van der Waals surface area contributed by atoms with Crippen LogP contribution in [0.4, 0.5) is 0 Å². The van der Waals surface area contributed by atoms with E-state index >= 15 is 0 Å². The summed E-state index contributed by atoms with van der Waals surface area (Å²) in [5.74, 6) is 2.40. The van der Waals surface area contributed by atoms with E-state index in [2.05, 4.69) is 182 Å². The van der Waals surface area contributed by atoms with Crippen molar-refractivity contribution in [3.05, 3.63) is 173 Å². The molecule has 9 aromatic rings.